The van der Waals surface area contributed by atoms with Crippen molar-refractivity contribution in [3.63, 3.8) is 0 Å². The number of aromatic nitrogens is 1. The molecule has 0 saturated heterocycles. The van der Waals surface area contributed by atoms with Gasteiger partial charge in [-0.25, -0.2) is 0 Å². The number of amides is 2. The lowest BCUT2D eigenvalue weighted by atomic mass is 10.1. The fourth-order valence-electron chi connectivity index (χ4n) is 3.00. The van der Waals surface area contributed by atoms with Crippen molar-refractivity contribution < 1.29 is 19.1 Å². The van der Waals surface area contributed by atoms with Crippen LogP contribution in [0.25, 0.3) is 10.9 Å². The van der Waals surface area contributed by atoms with Crippen molar-refractivity contribution in [2.75, 3.05) is 6.79 Å². The molecule has 26 heavy (non-hydrogen) atoms. The summed E-state index contributed by atoms with van der Waals surface area (Å²) in [5, 5.41) is 1.00. The van der Waals surface area contributed by atoms with Crippen molar-refractivity contribution in [3.05, 3.63) is 59.3 Å². The molecule has 0 saturated carbocycles. The van der Waals surface area contributed by atoms with E-state index in [4.69, 9.17) is 9.47 Å². The normalized spacial score (nSPS) is 12.2. The summed E-state index contributed by atoms with van der Waals surface area (Å²) in [6.07, 6.45) is 0.164. The molecule has 7 nitrogen and oxygen atoms in total. The highest BCUT2D eigenvalue weighted by Gasteiger charge is 2.17. The minimum Gasteiger partial charge on any atom is -0.454 e. The van der Waals surface area contributed by atoms with Gasteiger partial charge in [0.15, 0.2) is 11.5 Å². The molecule has 0 unspecified atom stereocenters. The minimum atomic E-state index is -0.424. The Kier molecular flexibility index (Phi) is 3.96. The molecule has 0 fully saturated rings. The molecule has 1 aliphatic rings. The van der Waals surface area contributed by atoms with Crippen LogP contribution in [0.5, 0.6) is 11.5 Å². The number of benzene rings is 2. The molecule has 1 aliphatic heterocycles. The van der Waals surface area contributed by atoms with Gasteiger partial charge in [-0.1, -0.05) is 18.2 Å². The molecule has 2 amide bonds. The minimum absolute atomic E-state index is 0.140. The monoisotopic (exact) mass is 351 g/mol. The van der Waals surface area contributed by atoms with E-state index in [1.165, 1.54) is 0 Å². The van der Waals surface area contributed by atoms with E-state index in [0.717, 1.165) is 22.2 Å². The van der Waals surface area contributed by atoms with E-state index in [2.05, 4.69) is 15.8 Å². The Hall–Kier alpha value is -3.48. The Balaban J connectivity index is 1.40. The molecule has 0 radical (unpaired) electrons. The third-order valence-corrected chi connectivity index (χ3v) is 4.31. The van der Waals surface area contributed by atoms with Crippen molar-refractivity contribution >= 4 is 22.7 Å². The first-order valence-corrected chi connectivity index (χ1v) is 8.17. The number of ether oxygens (including phenoxy) is 2. The Labute approximate surface area is 149 Å². The summed E-state index contributed by atoms with van der Waals surface area (Å²) in [5.41, 5.74) is 8.08. The van der Waals surface area contributed by atoms with E-state index in [9.17, 15) is 9.59 Å². The molecule has 4 rings (SSSR count). The van der Waals surface area contributed by atoms with Gasteiger partial charge in [-0.15, -0.1) is 0 Å². The summed E-state index contributed by atoms with van der Waals surface area (Å²) in [7, 11) is 0. The van der Waals surface area contributed by atoms with Crippen molar-refractivity contribution in [3.8, 4) is 11.5 Å². The van der Waals surface area contributed by atoms with Crippen LogP contribution in [0.15, 0.2) is 42.5 Å². The highest BCUT2D eigenvalue weighted by atomic mass is 16.7. The predicted molar refractivity (Wildman–Crippen MR) is 94.9 cm³/mol. The number of hydrogen-bond donors (Lipinski definition) is 3. The number of rotatable bonds is 3. The zero-order chi connectivity index (χ0) is 18.1. The molecule has 0 atom stereocenters. The van der Waals surface area contributed by atoms with Gasteiger partial charge in [-0.05, 0) is 36.8 Å². The molecule has 0 aliphatic carbocycles. The van der Waals surface area contributed by atoms with E-state index >= 15 is 0 Å². The van der Waals surface area contributed by atoms with Crippen molar-refractivity contribution in [2.24, 2.45) is 0 Å². The average Bonchev–Trinajstić information content (AvgIpc) is 3.23. The van der Waals surface area contributed by atoms with Crippen LogP contribution < -0.4 is 20.3 Å². The van der Waals surface area contributed by atoms with E-state index < -0.39 is 5.91 Å². The van der Waals surface area contributed by atoms with Crippen molar-refractivity contribution in [1.29, 1.82) is 0 Å². The lowest BCUT2D eigenvalue weighted by molar-refractivity contribution is -0.121. The number of aryl methyl sites for hydroxylation is 1. The molecule has 3 aromatic rings. The lowest BCUT2D eigenvalue weighted by Crippen LogP contribution is -2.42. The second-order valence-corrected chi connectivity index (χ2v) is 6.02. The van der Waals surface area contributed by atoms with Crippen LogP contribution in [-0.4, -0.2) is 23.6 Å². The molecule has 0 spiro atoms. The van der Waals surface area contributed by atoms with E-state index in [1.54, 1.807) is 18.2 Å². The van der Waals surface area contributed by atoms with Crippen LogP contribution in [0.2, 0.25) is 0 Å². The maximum absolute atomic E-state index is 12.2. The number of H-pyrrole nitrogens is 1. The van der Waals surface area contributed by atoms with Crippen molar-refractivity contribution in [2.45, 2.75) is 13.3 Å². The van der Waals surface area contributed by atoms with E-state index in [0.29, 0.717) is 17.1 Å². The molecule has 2 aromatic carbocycles. The fourth-order valence-corrected chi connectivity index (χ4v) is 3.00. The molecule has 132 valence electrons. The first kappa shape index (κ1) is 16.0. The third kappa shape index (κ3) is 2.95. The van der Waals surface area contributed by atoms with E-state index in [1.807, 2.05) is 31.2 Å². The zero-order valence-electron chi connectivity index (χ0n) is 14.1. The number of hydrazine groups is 1. The first-order chi connectivity index (χ1) is 12.6. The lowest BCUT2D eigenvalue weighted by Gasteiger charge is -2.08. The van der Waals surface area contributed by atoms with Crippen LogP contribution >= 0.6 is 0 Å². The Morgan fingerprint density at radius 2 is 1.88 bits per heavy atom. The maximum Gasteiger partial charge on any atom is 0.269 e. The highest BCUT2D eigenvalue weighted by Crippen LogP contribution is 2.32. The second-order valence-electron chi connectivity index (χ2n) is 6.02. The molecule has 3 N–H and O–H groups in total. The number of nitrogens with one attached hydrogen (secondary N) is 3. The Morgan fingerprint density at radius 1 is 1.08 bits per heavy atom. The molecule has 7 heteroatoms. The van der Waals surface area contributed by atoms with Crippen LogP contribution in [0, 0.1) is 6.92 Å². The number of para-hydroxylation sites is 1. The standard InChI is InChI=1S/C19H17N3O4/c1-11-14(13-4-2-3-5-15(13)20-11)9-18(23)21-22-19(24)12-6-7-16-17(8-12)26-10-25-16/h2-8,20H,9-10H2,1H3,(H,21,23)(H,22,24). The van der Waals surface area contributed by atoms with Crippen LogP contribution in [0.3, 0.4) is 0 Å². The molecule has 1 aromatic heterocycles. The van der Waals surface area contributed by atoms with Gasteiger partial charge in [0.1, 0.15) is 0 Å². The Bertz CT molecular complexity index is 1010. The molecule has 0 bridgehead atoms. The quantitative estimate of drug-likeness (QED) is 0.631. The zero-order valence-corrected chi connectivity index (χ0v) is 14.1. The number of hydrogen-bond acceptors (Lipinski definition) is 4. The smallest absolute Gasteiger partial charge is 0.269 e. The molecular weight excluding hydrogens is 334 g/mol. The second kappa shape index (κ2) is 6.44. The third-order valence-electron chi connectivity index (χ3n) is 4.31. The van der Waals surface area contributed by atoms with Gasteiger partial charge >= 0.3 is 0 Å². The van der Waals surface area contributed by atoms with E-state index in [-0.39, 0.29) is 19.1 Å². The summed E-state index contributed by atoms with van der Waals surface area (Å²) in [4.78, 5) is 27.7. The number of fused-ring (bicyclic) bond motifs is 2. The first-order valence-electron chi connectivity index (χ1n) is 8.17. The number of aromatic amines is 1. The highest BCUT2D eigenvalue weighted by molar-refractivity contribution is 5.96. The maximum atomic E-state index is 12.2. The van der Waals surface area contributed by atoms with Crippen LogP contribution in [0.1, 0.15) is 21.6 Å². The van der Waals surface area contributed by atoms with Gasteiger partial charge in [-0.2, -0.15) is 0 Å². The van der Waals surface area contributed by atoms with Gasteiger partial charge in [0.2, 0.25) is 12.7 Å². The summed E-state index contributed by atoms with van der Waals surface area (Å²) in [6.45, 7) is 2.06. The van der Waals surface area contributed by atoms with Gasteiger partial charge in [0.25, 0.3) is 5.91 Å². The summed E-state index contributed by atoms with van der Waals surface area (Å²) in [6, 6.07) is 12.6. The molecule has 2 heterocycles. The van der Waals surface area contributed by atoms with Gasteiger partial charge < -0.3 is 14.5 Å². The summed E-state index contributed by atoms with van der Waals surface area (Å²) >= 11 is 0. The predicted octanol–water partition coefficient (Wildman–Crippen LogP) is 2.21. The van der Waals surface area contributed by atoms with Crippen LogP contribution in [0.4, 0.5) is 0 Å². The van der Waals surface area contributed by atoms with Crippen LogP contribution in [-0.2, 0) is 11.2 Å². The topological polar surface area (TPSA) is 92.5 Å². The van der Waals surface area contributed by atoms with Gasteiger partial charge in [0, 0.05) is 22.2 Å². The Morgan fingerprint density at radius 3 is 2.77 bits per heavy atom. The number of carbonyl (C=O) groups excluding carboxylic acids is 2. The van der Waals surface area contributed by atoms with Crippen molar-refractivity contribution in [1.82, 2.24) is 15.8 Å². The average molecular weight is 351 g/mol. The van der Waals surface area contributed by atoms with Gasteiger partial charge in [0.05, 0.1) is 6.42 Å². The largest absolute Gasteiger partial charge is 0.454 e. The molecular formula is C19H17N3O4. The number of carbonyl (C=O) groups is 2. The van der Waals surface area contributed by atoms with Gasteiger partial charge in [-0.3, -0.25) is 20.4 Å². The SMILES string of the molecule is Cc1[nH]c2ccccc2c1CC(=O)NNC(=O)c1ccc2c(c1)OCO2. The summed E-state index contributed by atoms with van der Waals surface area (Å²) < 4.78 is 10.5. The summed E-state index contributed by atoms with van der Waals surface area (Å²) in [5.74, 6) is 0.387. The fraction of sp³-hybridized carbons (Fsp3) is 0.158.